The Kier molecular flexibility index (Phi) is 2.75. The maximum Gasteiger partial charge on any atom is 0.105 e. The highest BCUT2D eigenvalue weighted by atomic mass is 35.5. The van der Waals surface area contributed by atoms with Gasteiger partial charge in [0, 0.05) is 5.02 Å². The third kappa shape index (κ3) is 1.79. The third-order valence-corrected chi connectivity index (χ3v) is 5.41. The van der Waals surface area contributed by atoms with Crippen LogP contribution in [0.5, 0.6) is 0 Å². The van der Waals surface area contributed by atoms with Crippen molar-refractivity contribution >= 4 is 24.9 Å². The van der Waals surface area contributed by atoms with Gasteiger partial charge in [-0.15, -0.1) is 6.58 Å². The van der Waals surface area contributed by atoms with Crippen LogP contribution in [-0.4, -0.2) is 8.07 Å². The Morgan fingerprint density at radius 3 is 2.42 bits per heavy atom. The highest BCUT2D eigenvalue weighted by Gasteiger charge is 2.20. The van der Waals surface area contributed by atoms with Crippen molar-refractivity contribution in [2.45, 2.75) is 13.1 Å². The minimum Gasteiger partial charge on any atom is -0.107 e. The molecule has 0 aliphatic heterocycles. The molecule has 0 nitrogen and oxygen atoms in total. The minimum atomic E-state index is -1.47. The summed E-state index contributed by atoms with van der Waals surface area (Å²) in [6.07, 6.45) is 0. The zero-order valence-corrected chi connectivity index (χ0v) is 9.23. The molecule has 0 unspecified atom stereocenters. The third-order valence-electron chi connectivity index (χ3n) is 2.08. The van der Waals surface area contributed by atoms with Crippen LogP contribution >= 0.6 is 11.6 Å². The Bertz CT molecular complexity index is 292. The molecule has 0 aromatic heterocycles. The van der Waals surface area contributed by atoms with Crippen molar-refractivity contribution in [3.05, 3.63) is 41.6 Å². The molecule has 0 bridgehead atoms. The van der Waals surface area contributed by atoms with Gasteiger partial charge >= 0.3 is 0 Å². The SMILES string of the molecule is C=C[Si](C)(C)c1ccccc1Cl. The van der Waals surface area contributed by atoms with Gasteiger partial charge in [-0.25, -0.2) is 0 Å². The van der Waals surface area contributed by atoms with Crippen LogP contribution in [0.1, 0.15) is 0 Å². The van der Waals surface area contributed by atoms with Gasteiger partial charge < -0.3 is 0 Å². The summed E-state index contributed by atoms with van der Waals surface area (Å²) in [5.41, 5.74) is 2.05. The number of hydrogen-bond acceptors (Lipinski definition) is 0. The molecule has 0 amide bonds. The molecule has 0 heterocycles. The van der Waals surface area contributed by atoms with E-state index in [9.17, 15) is 0 Å². The summed E-state index contributed by atoms with van der Waals surface area (Å²) in [6.45, 7) is 8.33. The Hall–Kier alpha value is -0.533. The molecule has 1 aromatic carbocycles. The van der Waals surface area contributed by atoms with Crippen molar-refractivity contribution in [2.75, 3.05) is 0 Å². The fourth-order valence-electron chi connectivity index (χ4n) is 1.09. The second-order valence-corrected chi connectivity index (χ2v) is 8.20. The van der Waals surface area contributed by atoms with Crippen LogP contribution in [0.15, 0.2) is 36.5 Å². The van der Waals surface area contributed by atoms with Gasteiger partial charge in [0.1, 0.15) is 8.07 Å². The summed E-state index contributed by atoms with van der Waals surface area (Å²) in [5, 5.41) is 2.13. The normalized spacial score (nSPS) is 11.2. The van der Waals surface area contributed by atoms with Gasteiger partial charge in [-0.2, -0.15) is 0 Å². The van der Waals surface area contributed by atoms with Gasteiger partial charge in [0.25, 0.3) is 0 Å². The predicted octanol–water partition coefficient (Wildman–Crippen LogP) is 2.98. The maximum atomic E-state index is 6.07. The Labute approximate surface area is 79.9 Å². The van der Waals surface area contributed by atoms with Crippen molar-refractivity contribution in [3.8, 4) is 0 Å². The molecule has 0 N–H and O–H groups in total. The van der Waals surface area contributed by atoms with Crippen molar-refractivity contribution in [3.63, 3.8) is 0 Å². The monoisotopic (exact) mass is 196 g/mol. The molecule has 12 heavy (non-hydrogen) atoms. The predicted molar refractivity (Wildman–Crippen MR) is 58.8 cm³/mol. The van der Waals surface area contributed by atoms with E-state index < -0.39 is 8.07 Å². The Morgan fingerprint density at radius 2 is 1.92 bits per heavy atom. The first-order valence-corrected chi connectivity index (χ1v) is 7.42. The van der Waals surface area contributed by atoms with Crippen LogP contribution in [-0.2, 0) is 0 Å². The summed E-state index contributed by atoms with van der Waals surface area (Å²) >= 11 is 6.07. The fourth-order valence-corrected chi connectivity index (χ4v) is 3.40. The van der Waals surface area contributed by atoms with Crippen LogP contribution in [0.4, 0.5) is 0 Å². The van der Waals surface area contributed by atoms with E-state index in [0.29, 0.717) is 0 Å². The standard InChI is InChI=1S/C10H13ClSi/c1-4-12(2,3)10-8-6-5-7-9(10)11/h4-8H,1H2,2-3H3. The quantitative estimate of drug-likeness (QED) is 0.639. The smallest absolute Gasteiger partial charge is 0.105 e. The van der Waals surface area contributed by atoms with Crippen molar-refractivity contribution < 1.29 is 0 Å². The summed E-state index contributed by atoms with van der Waals surface area (Å²) in [4.78, 5) is 0. The summed E-state index contributed by atoms with van der Waals surface area (Å²) in [6, 6.07) is 8.02. The zero-order valence-electron chi connectivity index (χ0n) is 7.47. The van der Waals surface area contributed by atoms with Crippen LogP contribution in [0.3, 0.4) is 0 Å². The van der Waals surface area contributed by atoms with E-state index >= 15 is 0 Å². The zero-order chi connectivity index (χ0) is 9.19. The van der Waals surface area contributed by atoms with Crippen molar-refractivity contribution in [1.29, 1.82) is 0 Å². The van der Waals surface area contributed by atoms with Gasteiger partial charge in [0.15, 0.2) is 0 Å². The van der Waals surface area contributed by atoms with E-state index in [4.69, 9.17) is 11.6 Å². The summed E-state index contributed by atoms with van der Waals surface area (Å²) < 4.78 is 0. The van der Waals surface area contributed by atoms with Crippen LogP contribution < -0.4 is 5.19 Å². The molecule has 0 aliphatic carbocycles. The van der Waals surface area contributed by atoms with Gasteiger partial charge in [-0.05, 0) is 11.3 Å². The molecule has 1 aromatic rings. The molecular weight excluding hydrogens is 184 g/mol. The largest absolute Gasteiger partial charge is 0.107 e. The van der Waals surface area contributed by atoms with E-state index in [1.54, 1.807) is 0 Å². The first kappa shape index (κ1) is 9.55. The Balaban J connectivity index is 3.19. The lowest BCUT2D eigenvalue weighted by Gasteiger charge is -2.18. The molecular formula is C10H13ClSi. The topological polar surface area (TPSA) is 0 Å². The van der Waals surface area contributed by atoms with E-state index in [1.165, 1.54) is 5.19 Å². The fraction of sp³-hybridized carbons (Fsp3) is 0.200. The van der Waals surface area contributed by atoms with Gasteiger partial charge in [0.05, 0.1) is 0 Å². The molecule has 0 saturated carbocycles. The lowest BCUT2D eigenvalue weighted by molar-refractivity contribution is 1.71. The Morgan fingerprint density at radius 1 is 1.33 bits per heavy atom. The lowest BCUT2D eigenvalue weighted by Crippen LogP contribution is -2.39. The van der Waals surface area contributed by atoms with Crippen LogP contribution in [0.25, 0.3) is 0 Å². The van der Waals surface area contributed by atoms with E-state index in [1.807, 2.05) is 23.9 Å². The molecule has 2 heteroatoms. The highest BCUT2D eigenvalue weighted by molar-refractivity contribution is 6.95. The van der Waals surface area contributed by atoms with Gasteiger partial charge in [-0.1, -0.05) is 48.6 Å². The van der Waals surface area contributed by atoms with Gasteiger partial charge in [0.2, 0.25) is 0 Å². The van der Waals surface area contributed by atoms with Gasteiger partial charge in [-0.3, -0.25) is 0 Å². The summed E-state index contributed by atoms with van der Waals surface area (Å²) in [5.74, 6) is 0. The van der Waals surface area contributed by atoms with Crippen LogP contribution in [0, 0.1) is 0 Å². The van der Waals surface area contributed by atoms with E-state index in [2.05, 4.69) is 25.7 Å². The lowest BCUT2D eigenvalue weighted by atomic mass is 10.4. The highest BCUT2D eigenvalue weighted by Crippen LogP contribution is 2.12. The number of rotatable bonds is 2. The first-order chi connectivity index (χ1) is 5.58. The molecule has 0 fully saturated rings. The maximum absolute atomic E-state index is 6.07. The minimum absolute atomic E-state index is 0.870. The summed E-state index contributed by atoms with van der Waals surface area (Å²) in [7, 11) is -1.47. The number of hydrogen-bond donors (Lipinski definition) is 0. The molecule has 0 aliphatic rings. The molecule has 0 radical (unpaired) electrons. The van der Waals surface area contributed by atoms with Crippen LogP contribution in [0.2, 0.25) is 18.1 Å². The second kappa shape index (κ2) is 3.46. The van der Waals surface area contributed by atoms with E-state index in [0.717, 1.165) is 5.02 Å². The average molecular weight is 197 g/mol. The molecule has 1 rings (SSSR count). The molecule has 0 saturated heterocycles. The molecule has 0 atom stereocenters. The van der Waals surface area contributed by atoms with Crippen molar-refractivity contribution in [2.24, 2.45) is 0 Å². The second-order valence-electron chi connectivity index (χ2n) is 3.41. The van der Waals surface area contributed by atoms with Crippen molar-refractivity contribution in [1.82, 2.24) is 0 Å². The number of halogens is 1. The molecule has 0 spiro atoms. The van der Waals surface area contributed by atoms with E-state index in [-0.39, 0.29) is 0 Å². The molecule has 64 valence electrons. The average Bonchev–Trinajstić information content (AvgIpc) is 2.05. The number of benzene rings is 1. The first-order valence-electron chi connectivity index (χ1n) is 3.96.